The van der Waals surface area contributed by atoms with Crippen LogP contribution in [0.25, 0.3) is 0 Å². The van der Waals surface area contributed by atoms with E-state index in [1.165, 1.54) is 11.3 Å². The van der Waals surface area contributed by atoms with E-state index < -0.39 is 0 Å². The van der Waals surface area contributed by atoms with Gasteiger partial charge in [0.2, 0.25) is 0 Å². The maximum atomic E-state index is 12.1. The van der Waals surface area contributed by atoms with Crippen LogP contribution < -0.4 is 20.3 Å². The molecule has 2 aromatic rings. The number of ether oxygens (including phenoxy) is 1. The molecular weight excluding hydrogens is 406 g/mol. The zero-order valence-corrected chi connectivity index (χ0v) is 17.2. The zero-order chi connectivity index (χ0) is 19.1. The Morgan fingerprint density at radius 2 is 1.85 bits per heavy atom. The second kappa shape index (κ2) is 9.65. The summed E-state index contributed by atoms with van der Waals surface area (Å²) in [6.45, 7) is 2.50. The third-order valence-corrected chi connectivity index (χ3v) is 5.68. The van der Waals surface area contributed by atoms with Crippen molar-refractivity contribution >= 4 is 27.6 Å². The van der Waals surface area contributed by atoms with Gasteiger partial charge in [-0.15, -0.1) is 0 Å². The number of nitrogens with one attached hydrogen (secondary N) is 2. The summed E-state index contributed by atoms with van der Waals surface area (Å²) in [5.74, 6) is 0.870. The summed E-state index contributed by atoms with van der Waals surface area (Å²) in [7, 11) is 1.68. The van der Waals surface area contributed by atoms with Crippen molar-refractivity contribution in [3.05, 3.63) is 58.6 Å². The average Bonchev–Trinajstić information content (AvgIpc) is 2.70. The topological polar surface area (TPSA) is 53.6 Å². The van der Waals surface area contributed by atoms with Crippen molar-refractivity contribution in [2.75, 3.05) is 31.6 Å². The number of halogens is 1. The summed E-state index contributed by atoms with van der Waals surface area (Å²) in [5, 5.41) is 6.06. The van der Waals surface area contributed by atoms with Crippen LogP contribution in [0.2, 0.25) is 0 Å². The van der Waals surface area contributed by atoms with Crippen molar-refractivity contribution in [1.82, 2.24) is 10.6 Å². The highest BCUT2D eigenvalue weighted by Gasteiger charge is 2.20. The van der Waals surface area contributed by atoms with Crippen LogP contribution in [0.4, 0.5) is 10.5 Å². The smallest absolute Gasteiger partial charge is 0.315 e. The molecular formula is C21H26BrN3O2. The summed E-state index contributed by atoms with van der Waals surface area (Å²) in [5.41, 5.74) is 2.40. The van der Waals surface area contributed by atoms with Gasteiger partial charge in [0, 0.05) is 35.8 Å². The van der Waals surface area contributed by atoms with Gasteiger partial charge in [-0.2, -0.15) is 0 Å². The molecule has 2 aromatic carbocycles. The summed E-state index contributed by atoms with van der Waals surface area (Å²) < 4.78 is 6.29. The molecule has 27 heavy (non-hydrogen) atoms. The molecule has 0 spiro atoms. The minimum atomic E-state index is -0.0787. The highest BCUT2D eigenvalue weighted by Crippen LogP contribution is 2.22. The van der Waals surface area contributed by atoms with Crippen molar-refractivity contribution in [1.29, 1.82) is 0 Å². The van der Waals surface area contributed by atoms with Gasteiger partial charge in [0.15, 0.2) is 0 Å². The molecule has 0 radical (unpaired) electrons. The van der Waals surface area contributed by atoms with Gasteiger partial charge in [-0.05, 0) is 55.2 Å². The Kier molecular flexibility index (Phi) is 6.98. The number of rotatable bonds is 6. The summed E-state index contributed by atoms with van der Waals surface area (Å²) in [6, 6.07) is 16.4. The molecule has 1 fully saturated rings. The molecule has 3 rings (SSSR count). The summed E-state index contributed by atoms with van der Waals surface area (Å²) in [6.07, 6.45) is 2.71. The monoisotopic (exact) mass is 431 g/mol. The highest BCUT2D eigenvalue weighted by atomic mass is 79.9. The molecule has 2 N–H and O–H groups in total. The van der Waals surface area contributed by atoms with Gasteiger partial charge in [0.05, 0.1) is 7.11 Å². The zero-order valence-electron chi connectivity index (χ0n) is 15.6. The number of nitrogens with zero attached hydrogens (tertiary/aromatic N) is 1. The lowest BCUT2D eigenvalue weighted by molar-refractivity contribution is 0.234. The molecule has 6 heteroatoms. The van der Waals surface area contributed by atoms with Crippen LogP contribution in [0.1, 0.15) is 18.4 Å². The van der Waals surface area contributed by atoms with Gasteiger partial charge >= 0.3 is 6.03 Å². The number of hydrogen-bond acceptors (Lipinski definition) is 3. The van der Waals surface area contributed by atoms with Crippen LogP contribution in [0.3, 0.4) is 0 Å². The lowest BCUT2D eigenvalue weighted by Crippen LogP contribution is -2.48. The molecule has 0 aromatic heterocycles. The van der Waals surface area contributed by atoms with Crippen molar-refractivity contribution in [3.63, 3.8) is 0 Å². The van der Waals surface area contributed by atoms with Crippen LogP contribution in [0, 0.1) is 0 Å². The van der Waals surface area contributed by atoms with Crippen molar-refractivity contribution in [3.8, 4) is 5.75 Å². The van der Waals surface area contributed by atoms with Crippen LogP contribution >= 0.6 is 15.9 Å². The molecule has 0 atom stereocenters. The third kappa shape index (κ3) is 5.63. The Hall–Kier alpha value is -2.21. The van der Waals surface area contributed by atoms with Crippen molar-refractivity contribution < 1.29 is 9.53 Å². The first-order chi connectivity index (χ1) is 13.2. The molecule has 5 nitrogen and oxygen atoms in total. The van der Waals surface area contributed by atoms with Crippen LogP contribution in [-0.4, -0.2) is 38.8 Å². The molecule has 144 valence electrons. The fraction of sp³-hybridized carbons (Fsp3) is 0.381. The minimum Gasteiger partial charge on any atom is -0.497 e. The van der Waals surface area contributed by atoms with Crippen LogP contribution in [0.15, 0.2) is 53.0 Å². The first-order valence-electron chi connectivity index (χ1n) is 9.32. The number of carbonyl (C=O) groups is 1. The standard InChI is InChI=1S/C21H26BrN3O2/c1-27-19-8-6-18(7-9-19)25-14-11-17(12-15-25)24-21(26)23-13-10-16-4-2-3-5-20(16)22/h2-9,17H,10-15H2,1H3,(H2,23,24,26). The maximum Gasteiger partial charge on any atom is 0.315 e. The third-order valence-electron chi connectivity index (χ3n) is 4.91. The van der Waals surface area contributed by atoms with E-state index >= 15 is 0 Å². The van der Waals surface area contributed by atoms with Gasteiger partial charge in [-0.3, -0.25) is 0 Å². The first kappa shape index (κ1) is 19.5. The number of anilines is 1. The van der Waals surface area contributed by atoms with E-state index in [9.17, 15) is 4.79 Å². The van der Waals surface area contributed by atoms with E-state index in [-0.39, 0.29) is 12.1 Å². The van der Waals surface area contributed by atoms with Gasteiger partial charge in [-0.25, -0.2) is 4.79 Å². The molecule has 2 amide bonds. The minimum absolute atomic E-state index is 0.0787. The van der Waals surface area contributed by atoms with E-state index in [1.807, 2.05) is 30.3 Å². The Bertz CT molecular complexity index is 743. The Morgan fingerprint density at radius 3 is 2.52 bits per heavy atom. The number of urea groups is 1. The summed E-state index contributed by atoms with van der Waals surface area (Å²) in [4.78, 5) is 14.5. The molecule has 1 saturated heterocycles. The lowest BCUT2D eigenvalue weighted by atomic mass is 10.0. The molecule has 1 aliphatic rings. The second-order valence-electron chi connectivity index (χ2n) is 6.70. The number of carbonyl (C=O) groups excluding carboxylic acids is 1. The normalized spacial score (nSPS) is 14.7. The Labute approximate surface area is 169 Å². The van der Waals surface area contributed by atoms with E-state index in [0.29, 0.717) is 6.54 Å². The predicted octanol–water partition coefficient (Wildman–Crippen LogP) is 3.97. The van der Waals surface area contributed by atoms with E-state index in [0.717, 1.165) is 42.6 Å². The SMILES string of the molecule is COc1ccc(N2CCC(NC(=O)NCCc3ccccc3Br)CC2)cc1. The predicted molar refractivity (Wildman–Crippen MR) is 113 cm³/mol. The van der Waals surface area contributed by atoms with Crippen LogP contribution in [0.5, 0.6) is 5.75 Å². The number of piperidine rings is 1. The maximum absolute atomic E-state index is 12.1. The molecule has 0 saturated carbocycles. The molecule has 1 heterocycles. The number of methoxy groups -OCH3 is 1. The van der Waals surface area contributed by atoms with Gasteiger partial charge in [-0.1, -0.05) is 34.1 Å². The van der Waals surface area contributed by atoms with Gasteiger partial charge in [0.1, 0.15) is 5.75 Å². The Balaban J connectivity index is 1.38. The average molecular weight is 432 g/mol. The van der Waals surface area contributed by atoms with Gasteiger partial charge in [0.25, 0.3) is 0 Å². The highest BCUT2D eigenvalue weighted by molar-refractivity contribution is 9.10. The second-order valence-corrected chi connectivity index (χ2v) is 7.56. The number of benzene rings is 2. The first-order valence-corrected chi connectivity index (χ1v) is 10.1. The number of amides is 2. The quantitative estimate of drug-likeness (QED) is 0.727. The Morgan fingerprint density at radius 1 is 1.15 bits per heavy atom. The molecule has 0 bridgehead atoms. The fourth-order valence-electron chi connectivity index (χ4n) is 3.32. The van der Waals surface area contributed by atoms with Crippen molar-refractivity contribution in [2.45, 2.75) is 25.3 Å². The summed E-state index contributed by atoms with van der Waals surface area (Å²) >= 11 is 3.54. The van der Waals surface area contributed by atoms with Gasteiger partial charge < -0.3 is 20.3 Å². The van der Waals surface area contributed by atoms with Crippen LogP contribution in [-0.2, 0) is 6.42 Å². The molecule has 0 aliphatic carbocycles. The fourth-order valence-corrected chi connectivity index (χ4v) is 3.81. The van der Waals surface area contributed by atoms with E-state index in [1.54, 1.807) is 7.11 Å². The van der Waals surface area contributed by atoms with E-state index in [4.69, 9.17) is 4.74 Å². The lowest BCUT2D eigenvalue weighted by Gasteiger charge is -2.34. The largest absolute Gasteiger partial charge is 0.497 e. The molecule has 1 aliphatic heterocycles. The molecule has 0 unspecified atom stereocenters. The van der Waals surface area contributed by atoms with E-state index in [2.05, 4.69) is 49.7 Å². The number of hydrogen-bond donors (Lipinski definition) is 2. The van der Waals surface area contributed by atoms with Crippen molar-refractivity contribution in [2.24, 2.45) is 0 Å².